The summed E-state index contributed by atoms with van der Waals surface area (Å²) in [4.78, 5) is 24.0. The first-order chi connectivity index (χ1) is 17.4. The lowest BCUT2D eigenvalue weighted by atomic mass is 10.0. The molecule has 0 saturated carbocycles. The van der Waals surface area contributed by atoms with Gasteiger partial charge in [0.1, 0.15) is 23.0 Å². The second-order valence-electron chi connectivity index (χ2n) is 9.48. The van der Waals surface area contributed by atoms with E-state index in [0.717, 1.165) is 34.2 Å². The number of carbonyl (C=O) groups excluding carboxylic acids is 1. The molecule has 1 saturated heterocycles. The molecule has 0 aromatic heterocycles. The Hall–Kier alpha value is -3.29. The predicted molar refractivity (Wildman–Crippen MR) is 142 cm³/mol. The van der Waals surface area contributed by atoms with Crippen molar-refractivity contribution < 1.29 is 14.3 Å². The average molecular weight is 507 g/mol. The van der Waals surface area contributed by atoms with Crippen molar-refractivity contribution in [1.29, 1.82) is 0 Å². The Balaban J connectivity index is 1.29. The van der Waals surface area contributed by atoms with Gasteiger partial charge in [-0.3, -0.25) is 0 Å². The normalized spacial score (nSPS) is 20.2. The van der Waals surface area contributed by atoms with Crippen LogP contribution in [0.3, 0.4) is 0 Å². The third-order valence-corrected chi connectivity index (χ3v) is 7.19. The standard InChI is InChI=1S/C28H31ClN4O3/c1-19(31(2)3)20-7-6-8-22(17-20)35-28(34)33-15-13-32(14-16-33)27-23-18-21(29)11-12-25(23)36-26-10-5-4-9-24(26)30-27/h4-12,17,19,21H,13-16,18H2,1-3H3/t19-,21?/m0/s1. The summed E-state index contributed by atoms with van der Waals surface area (Å²) in [5.74, 6) is 2.94. The van der Waals surface area contributed by atoms with E-state index in [9.17, 15) is 4.79 Å². The number of alkyl halides is 1. The monoisotopic (exact) mass is 506 g/mol. The predicted octanol–water partition coefficient (Wildman–Crippen LogP) is 5.37. The summed E-state index contributed by atoms with van der Waals surface area (Å²) in [6, 6.07) is 15.7. The van der Waals surface area contributed by atoms with Crippen LogP contribution < -0.4 is 9.47 Å². The number of carbonyl (C=O) groups is 1. The van der Waals surface area contributed by atoms with Crippen molar-refractivity contribution in [2.75, 3.05) is 40.3 Å². The third-order valence-electron chi connectivity index (χ3n) is 6.89. The molecule has 8 heteroatoms. The summed E-state index contributed by atoms with van der Waals surface area (Å²) >= 11 is 6.47. The molecule has 3 aliphatic rings. The van der Waals surface area contributed by atoms with Gasteiger partial charge in [0.15, 0.2) is 5.75 Å². The highest BCUT2D eigenvalue weighted by molar-refractivity contribution is 6.22. The first-order valence-corrected chi connectivity index (χ1v) is 12.7. The van der Waals surface area contributed by atoms with E-state index < -0.39 is 0 Å². The molecular weight excluding hydrogens is 476 g/mol. The number of para-hydroxylation sites is 2. The van der Waals surface area contributed by atoms with Crippen LogP contribution in [0.5, 0.6) is 11.5 Å². The van der Waals surface area contributed by atoms with Crippen LogP contribution in [0.15, 0.2) is 77.0 Å². The molecule has 0 spiro atoms. The minimum absolute atomic E-state index is 0.110. The molecule has 0 bridgehead atoms. The molecule has 1 amide bonds. The van der Waals surface area contributed by atoms with E-state index in [4.69, 9.17) is 26.1 Å². The lowest BCUT2D eigenvalue weighted by Crippen LogP contribution is -2.51. The number of piperazine rings is 1. The Morgan fingerprint density at radius 1 is 1.14 bits per heavy atom. The van der Waals surface area contributed by atoms with Gasteiger partial charge in [0.2, 0.25) is 0 Å². The fourth-order valence-corrected chi connectivity index (χ4v) is 4.78. The Bertz CT molecular complexity index is 1230. The van der Waals surface area contributed by atoms with Crippen LogP contribution in [0.2, 0.25) is 0 Å². The number of hydrogen-bond acceptors (Lipinski definition) is 6. The van der Waals surface area contributed by atoms with Crippen molar-refractivity contribution in [2.24, 2.45) is 4.99 Å². The second kappa shape index (κ2) is 10.4. The van der Waals surface area contributed by atoms with Crippen LogP contribution in [0, 0.1) is 0 Å². The average Bonchev–Trinajstić information content (AvgIpc) is 3.05. The highest BCUT2D eigenvalue weighted by Gasteiger charge is 2.31. The lowest BCUT2D eigenvalue weighted by Gasteiger charge is -2.37. The van der Waals surface area contributed by atoms with Crippen LogP contribution in [-0.2, 0) is 0 Å². The van der Waals surface area contributed by atoms with Gasteiger partial charge in [0.05, 0.1) is 5.38 Å². The van der Waals surface area contributed by atoms with Gasteiger partial charge in [0, 0.05) is 37.8 Å². The number of hydrogen-bond donors (Lipinski definition) is 0. The fourth-order valence-electron chi connectivity index (χ4n) is 4.55. The van der Waals surface area contributed by atoms with E-state index in [1.807, 2.05) is 74.8 Å². The van der Waals surface area contributed by atoms with Crippen LogP contribution in [0.4, 0.5) is 10.5 Å². The number of aliphatic imine (C=N–C) groups is 1. The Morgan fingerprint density at radius 2 is 1.92 bits per heavy atom. The fraction of sp³-hybridized carbons (Fsp3) is 0.357. The maximum Gasteiger partial charge on any atom is 0.415 e. The summed E-state index contributed by atoms with van der Waals surface area (Å²) in [6.45, 7) is 4.48. The zero-order valence-electron chi connectivity index (χ0n) is 20.9. The van der Waals surface area contributed by atoms with Gasteiger partial charge in [-0.15, -0.1) is 11.6 Å². The zero-order chi connectivity index (χ0) is 25.2. The molecule has 1 fully saturated rings. The number of benzene rings is 2. The molecule has 2 aromatic carbocycles. The quantitative estimate of drug-likeness (QED) is 0.524. The number of halogens is 1. The molecule has 1 aliphatic carbocycles. The number of rotatable bonds is 3. The molecule has 2 aromatic rings. The van der Waals surface area contributed by atoms with Crippen LogP contribution in [0.25, 0.3) is 0 Å². The third kappa shape index (κ3) is 5.13. The number of ether oxygens (including phenoxy) is 2. The van der Waals surface area contributed by atoms with Crippen molar-refractivity contribution in [1.82, 2.24) is 14.7 Å². The molecule has 36 heavy (non-hydrogen) atoms. The van der Waals surface area contributed by atoms with E-state index in [1.165, 1.54) is 0 Å². The first-order valence-electron chi connectivity index (χ1n) is 12.3. The summed E-state index contributed by atoms with van der Waals surface area (Å²) in [7, 11) is 4.06. The molecule has 5 rings (SSSR count). The molecule has 1 unspecified atom stereocenters. The van der Waals surface area contributed by atoms with E-state index in [1.54, 1.807) is 4.90 Å². The zero-order valence-corrected chi connectivity index (χ0v) is 21.6. The summed E-state index contributed by atoms with van der Waals surface area (Å²) in [6.07, 6.45) is 4.20. The van der Waals surface area contributed by atoms with E-state index in [0.29, 0.717) is 38.3 Å². The molecular formula is C28H31ClN4O3. The minimum Gasteiger partial charge on any atom is -0.455 e. The number of amidine groups is 1. The van der Waals surface area contributed by atoms with Gasteiger partial charge in [-0.2, -0.15) is 0 Å². The van der Waals surface area contributed by atoms with Crippen LogP contribution in [0.1, 0.15) is 24.9 Å². The number of allylic oxidation sites excluding steroid dienone is 2. The van der Waals surface area contributed by atoms with Crippen molar-refractivity contribution in [2.45, 2.75) is 24.8 Å². The molecule has 7 nitrogen and oxygen atoms in total. The maximum atomic E-state index is 12.9. The molecule has 2 aliphatic heterocycles. The van der Waals surface area contributed by atoms with Crippen molar-refractivity contribution in [3.63, 3.8) is 0 Å². The largest absolute Gasteiger partial charge is 0.455 e. The molecule has 0 N–H and O–H groups in total. The highest BCUT2D eigenvalue weighted by Crippen LogP contribution is 2.37. The topological polar surface area (TPSA) is 57.6 Å². The van der Waals surface area contributed by atoms with Gasteiger partial charge in [-0.1, -0.05) is 30.3 Å². The summed E-state index contributed by atoms with van der Waals surface area (Å²) in [5.41, 5.74) is 2.89. The van der Waals surface area contributed by atoms with Crippen LogP contribution in [-0.4, -0.2) is 72.3 Å². The molecule has 2 heterocycles. The SMILES string of the molecule is C[C@@H](c1cccc(OC(=O)N2CCN(C3=Nc4ccccc4OC4=C3CC(Cl)C=C4)CC2)c1)N(C)C. The maximum absolute atomic E-state index is 12.9. The Kier molecular flexibility index (Phi) is 7.03. The molecule has 2 atom stereocenters. The van der Waals surface area contributed by atoms with Gasteiger partial charge < -0.3 is 24.2 Å². The molecule has 0 radical (unpaired) electrons. The number of nitrogens with zero attached hydrogens (tertiary/aromatic N) is 4. The van der Waals surface area contributed by atoms with Gasteiger partial charge in [-0.05, 0) is 63.3 Å². The smallest absolute Gasteiger partial charge is 0.415 e. The summed E-state index contributed by atoms with van der Waals surface area (Å²) in [5, 5.41) is -0.110. The van der Waals surface area contributed by atoms with Crippen molar-refractivity contribution in [3.05, 3.63) is 77.6 Å². The van der Waals surface area contributed by atoms with E-state index in [2.05, 4.69) is 16.7 Å². The van der Waals surface area contributed by atoms with Crippen LogP contribution >= 0.6 is 11.6 Å². The van der Waals surface area contributed by atoms with E-state index >= 15 is 0 Å². The van der Waals surface area contributed by atoms with Crippen molar-refractivity contribution in [3.8, 4) is 11.5 Å². The summed E-state index contributed by atoms with van der Waals surface area (Å²) < 4.78 is 11.9. The van der Waals surface area contributed by atoms with E-state index in [-0.39, 0.29) is 17.5 Å². The van der Waals surface area contributed by atoms with Gasteiger partial charge >= 0.3 is 6.09 Å². The Labute approximate surface area is 217 Å². The van der Waals surface area contributed by atoms with Gasteiger partial charge in [0.25, 0.3) is 0 Å². The second-order valence-corrected chi connectivity index (χ2v) is 10.0. The lowest BCUT2D eigenvalue weighted by molar-refractivity contribution is 0.130. The highest BCUT2D eigenvalue weighted by atomic mass is 35.5. The number of fused-ring (bicyclic) bond motifs is 1. The first kappa shape index (κ1) is 24.4. The Morgan fingerprint density at radius 3 is 2.69 bits per heavy atom. The van der Waals surface area contributed by atoms with Gasteiger partial charge in [-0.25, -0.2) is 9.79 Å². The van der Waals surface area contributed by atoms with Crippen molar-refractivity contribution >= 4 is 29.2 Å². The molecule has 188 valence electrons. The number of amides is 1. The minimum atomic E-state index is -0.331.